The molecular formula is C15H20N2O2. The Morgan fingerprint density at radius 3 is 2.37 bits per heavy atom. The maximum absolute atomic E-state index is 5.60. The number of aromatic nitrogens is 1. The third-order valence-electron chi connectivity index (χ3n) is 3.05. The Kier molecular flexibility index (Phi) is 3.27. The minimum absolute atomic E-state index is 0.0125. The zero-order valence-electron chi connectivity index (χ0n) is 12.1. The zero-order chi connectivity index (χ0) is 14.2. The molecular weight excluding hydrogens is 240 g/mol. The van der Waals surface area contributed by atoms with Gasteiger partial charge in [0.2, 0.25) is 5.88 Å². The van der Waals surface area contributed by atoms with Gasteiger partial charge in [0, 0.05) is 17.2 Å². The number of aryl methyl sites for hydroxylation is 1. The van der Waals surface area contributed by atoms with E-state index in [0.717, 1.165) is 22.4 Å². The van der Waals surface area contributed by atoms with E-state index in [-0.39, 0.29) is 5.41 Å². The van der Waals surface area contributed by atoms with Gasteiger partial charge < -0.3 is 15.0 Å². The van der Waals surface area contributed by atoms with Gasteiger partial charge in [-0.05, 0) is 24.0 Å². The van der Waals surface area contributed by atoms with Crippen molar-refractivity contribution in [1.29, 1.82) is 0 Å². The number of nitrogens with two attached hydrogens (primary N) is 1. The monoisotopic (exact) mass is 260 g/mol. The lowest BCUT2D eigenvalue weighted by Gasteiger charge is -2.24. The summed E-state index contributed by atoms with van der Waals surface area (Å²) in [7, 11) is 1.67. The molecule has 0 aliphatic heterocycles. The molecule has 2 N–H and O–H groups in total. The Hall–Kier alpha value is -1.97. The van der Waals surface area contributed by atoms with Crippen molar-refractivity contribution in [3.63, 3.8) is 0 Å². The van der Waals surface area contributed by atoms with Crippen LogP contribution in [0.15, 0.2) is 22.7 Å². The normalized spacial score (nSPS) is 11.6. The molecule has 0 saturated heterocycles. The molecule has 0 bridgehead atoms. The van der Waals surface area contributed by atoms with E-state index in [1.165, 1.54) is 0 Å². The standard InChI is InChI=1S/C15H20N2O2/c1-9-6-10(12-8-13(16)19-17-12)14(18-5)11(7-9)15(2,3)4/h6-8H,16H2,1-5H3. The van der Waals surface area contributed by atoms with Crippen LogP contribution < -0.4 is 10.5 Å². The van der Waals surface area contributed by atoms with E-state index in [1.54, 1.807) is 13.2 Å². The Labute approximate surface area is 113 Å². The number of methoxy groups -OCH3 is 1. The molecule has 19 heavy (non-hydrogen) atoms. The number of ether oxygens (including phenoxy) is 1. The maximum atomic E-state index is 5.60. The summed E-state index contributed by atoms with van der Waals surface area (Å²) < 4.78 is 10.6. The van der Waals surface area contributed by atoms with Crippen LogP contribution in [-0.2, 0) is 5.41 Å². The molecule has 2 rings (SSSR count). The van der Waals surface area contributed by atoms with Gasteiger partial charge in [0.15, 0.2) is 0 Å². The van der Waals surface area contributed by atoms with Gasteiger partial charge in [-0.3, -0.25) is 0 Å². The SMILES string of the molecule is COc1c(-c2cc(N)on2)cc(C)cc1C(C)(C)C. The fourth-order valence-corrected chi connectivity index (χ4v) is 2.16. The molecule has 0 radical (unpaired) electrons. The Balaban J connectivity index is 2.70. The predicted molar refractivity (Wildman–Crippen MR) is 76.3 cm³/mol. The Bertz CT molecular complexity index is 595. The van der Waals surface area contributed by atoms with Crippen molar-refractivity contribution < 1.29 is 9.26 Å². The first kappa shape index (κ1) is 13.5. The van der Waals surface area contributed by atoms with E-state index in [2.05, 4.69) is 38.9 Å². The molecule has 1 aromatic carbocycles. The summed E-state index contributed by atoms with van der Waals surface area (Å²) in [5.41, 5.74) is 9.49. The third-order valence-corrected chi connectivity index (χ3v) is 3.05. The molecule has 0 fully saturated rings. The lowest BCUT2D eigenvalue weighted by Crippen LogP contribution is -2.13. The van der Waals surface area contributed by atoms with Gasteiger partial charge in [0.1, 0.15) is 11.4 Å². The van der Waals surface area contributed by atoms with Crippen LogP contribution in [0.1, 0.15) is 31.9 Å². The first-order valence-corrected chi connectivity index (χ1v) is 6.24. The van der Waals surface area contributed by atoms with Gasteiger partial charge in [-0.2, -0.15) is 0 Å². The first-order chi connectivity index (χ1) is 8.82. The molecule has 2 aromatic rings. The molecule has 4 heteroatoms. The number of hydrogen-bond acceptors (Lipinski definition) is 4. The molecule has 1 heterocycles. The number of benzene rings is 1. The summed E-state index contributed by atoms with van der Waals surface area (Å²) >= 11 is 0. The number of hydrogen-bond donors (Lipinski definition) is 1. The fourth-order valence-electron chi connectivity index (χ4n) is 2.16. The van der Waals surface area contributed by atoms with Gasteiger partial charge in [-0.25, -0.2) is 0 Å². The number of rotatable bonds is 2. The summed E-state index contributed by atoms with van der Waals surface area (Å²) in [6.45, 7) is 8.53. The molecule has 0 saturated carbocycles. The first-order valence-electron chi connectivity index (χ1n) is 6.24. The van der Waals surface area contributed by atoms with Crippen LogP contribution in [0, 0.1) is 6.92 Å². The number of anilines is 1. The molecule has 0 amide bonds. The topological polar surface area (TPSA) is 61.3 Å². The van der Waals surface area contributed by atoms with Crippen molar-refractivity contribution >= 4 is 5.88 Å². The van der Waals surface area contributed by atoms with Gasteiger partial charge in [0.05, 0.1) is 7.11 Å². The van der Waals surface area contributed by atoms with Gasteiger partial charge >= 0.3 is 0 Å². The highest BCUT2D eigenvalue weighted by Crippen LogP contribution is 2.40. The maximum Gasteiger partial charge on any atom is 0.222 e. The molecule has 0 atom stereocenters. The average Bonchev–Trinajstić information content (AvgIpc) is 2.73. The minimum Gasteiger partial charge on any atom is -0.496 e. The van der Waals surface area contributed by atoms with Crippen molar-refractivity contribution in [1.82, 2.24) is 5.16 Å². The molecule has 1 aromatic heterocycles. The minimum atomic E-state index is -0.0125. The van der Waals surface area contributed by atoms with Crippen LogP contribution >= 0.6 is 0 Å². The van der Waals surface area contributed by atoms with Crippen molar-refractivity contribution in [2.24, 2.45) is 0 Å². The summed E-state index contributed by atoms with van der Waals surface area (Å²) in [6.07, 6.45) is 0. The van der Waals surface area contributed by atoms with Crippen molar-refractivity contribution in [2.45, 2.75) is 33.1 Å². The largest absolute Gasteiger partial charge is 0.496 e. The second-order valence-corrected chi connectivity index (χ2v) is 5.76. The highest BCUT2D eigenvalue weighted by atomic mass is 16.5. The van der Waals surface area contributed by atoms with Crippen molar-refractivity contribution in [3.8, 4) is 17.0 Å². The van der Waals surface area contributed by atoms with E-state index in [9.17, 15) is 0 Å². The van der Waals surface area contributed by atoms with E-state index < -0.39 is 0 Å². The molecule has 0 aliphatic carbocycles. The quantitative estimate of drug-likeness (QED) is 0.897. The highest BCUT2D eigenvalue weighted by molar-refractivity contribution is 5.72. The summed E-state index contributed by atoms with van der Waals surface area (Å²) in [5.74, 6) is 1.13. The van der Waals surface area contributed by atoms with Crippen LogP contribution in [0.2, 0.25) is 0 Å². The Morgan fingerprint density at radius 1 is 1.21 bits per heavy atom. The van der Waals surface area contributed by atoms with Crippen LogP contribution in [-0.4, -0.2) is 12.3 Å². The van der Waals surface area contributed by atoms with Crippen LogP contribution in [0.25, 0.3) is 11.3 Å². The lowest BCUT2D eigenvalue weighted by molar-refractivity contribution is 0.397. The van der Waals surface area contributed by atoms with E-state index >= 15 is 0 Å². The summed E-state index contributed by atoms with van der Waals surface area (Å²) in [6, 6.07) is 5.89. The molecule has 0 aliphatic rings. The lowest BCUT2D eigenvalue weighted by atomic mass is 9.83. The molecule has 4 nitrogen and oxygen atoms in total. The van der Waals surface area contributed by atoms with Gasteiger partial charge in [-0.1, -0.05) is 32.0 Å². The molecule has 0 unspecified atom stereocenters. The van der Waals surface area contributed by atoms with E-state index in [4.69, 9.17) is 15.0 Å². The van der Waals surface area contributed by atoms with Crippen LogP contribution in [0.5, 0.6) is 5.75 Å². The fraction of sp³-hybridized carbons (Fsp3) is 0.400. The highest BCUT2D eigenvalue weighted by Gasteiger charge is 2.23. The second-order valence-electron chi connectivity index (χ2n) is 5.76. The summed E-state index contributed by atoms with van der Waals surface area (Å²) in [4.78, 5) is 0. The van der Waals surface area contributed by atoms with E-state index in [0.29, 0.717) is 11.6 Å². The van der Waals surface area contributed by atoms with Crippen LogP contribution in [0.4, 0.5) is 5.88 Å². The van der Waals surface area contributed by atoms with E-state index in [1.807, 2.05) is 6.07 Å². The smallest absolute Gasteiger partial charge is 0.222 e. The van der Waals surface area contributed by atoms with Crippen molar-refractivity contribution in [2.75, 3.05) is 12.8 Å². The van der Waals surface area contributed by atoms with Crippen LogP contribution in [0.3, 0.4) is 0 Å². The number of nitrogen functional groups attached to an aromatic ring is 1. The summed E-state index contributed by atoms with van der Waals surface area (Å²) in [5, 5.41) is 3.98. The zero-order valence-corrected chi connectivity index (χ0v) is 12.1. The predicted octanol–water partition coefficient (Wildman–Crippen LogP) is 3.54. The second kappa shape index (κ2) is 4.61. The third kappa shape index (κ3) is 2.57. The number of nitrogens with zero attached hydrogens (tertiary/aromatic N) is 1. The molecule has 0 spiro atoms. The average molecular weight is 260 g/mol. The molecule has 102 valence electrons. The van der Waals surface area contributed by atoms with Gasteiger partial charge in [0.25, 0.3) is 0 Å². The van der Waals surface area contributed by atoms with Crippen molar-refractivity contribution in [3.05, 3.63) is 29.3 Å². The van der Waals surface area contributed by atoms with Gasteiger partial charge in [-0.15, -0.1) is 0 Å². The Morgan fingerprint density at radius 2 is 1.89 bits per heavy atom.